The largest absolute Gasteiger partial charge is 0.497 e. The predicted octanol–water partition coefficient (Wildman–Crippen LogP) is 5.57. The molecule has 2 aromatic carbocycles. The minimum absolute atomic E-state index is 0.0759. The summed E-state index contributed by atoms with van der Waals surface area (Å²) in [6, 6.07) is 13.5. The molecule has 0 N–H and O–H groups in total. The van der Waals surface area contributed by atoms with E-state index in [4.69, 9.17) is 9.47 Å². The van der Waals surface area contributed by atoms with E-state index in [9.17, 15) is 21.6 Å². The van der Waals surface area contributed by atoms with Gasteiger partial charge >= 0.3 is 6.18 Å². The number of nitrogens with zero attached hydrogens (tertiary/aromatic N) is 1. The summed E-state index contributed by atoms with van der Waals surface area (Å²) in [5, 5.41) is -1.63. The van der Waals surface area contributed by atoms with Crippen LogP contribution < -0.4 is 9.47 Å². The fraction of sp³-hybridized carbons (Fsp3) is 0.417. The third-order valence-electron chi connectivity index (χ3n) is 5.38. The fourth-order valence-electron chi connectivity index (χ4n) is 3.54. The van der Waals surface area contributed by atoms with Gasteiger partial charge in [0.05, 0.1) is 25.9 Å². The average molecular weight is 486 g/mol. The van der Waals surface area contributed by atoms with Gasteiger partial charge in [0.2, 0.25) is 10.0 Å². The molecule has 0 saturated heterocycles. The molecular weight excluding hydrogens is 455 g/mol. The van der Waals surface area contributed by atoms with Gasteiger partial charge in [-0.1, -0.05) is 37.3 Å². The molecule has 5 nitrogen and oxygen atoms in total. The number of methoxy groups -OCH3 is 2. The quantitative estimate of drug-likeness (QED) is 0.369. The SMILES string of the molecule is C=CC[C@H](C)C(CC(F)(F)F)S(=O)(=O)N(Cc1ccc(OC)cc1)Cc1ccc(OC)cc1. The zero-order valence-electron chi connectivity index (χ0n) is 19.0. The molecule has 0 fully saturated rings. The highest BCUT2D eigenvalue weighted by Gasteiger charge is 2.43. The first-order valence-corrected chi connectivity index (χ1v) is 11.9. The lowest BCUT2D eigenvalue weighted by Crippen LogP contribution is -2.43. The lowest BCUT2D eigenvalue weighted by molar-refractivity contribution is -0.136. The summed E-state index contributed by atoms with van der Waals surface area (Å²) in [6.45, 7) is 4.92. The Labute approximate surface area is 193 Å². The molecule has 0 bridgehead atoms. The molecule has 2 atom stereocenters. The molecule has 0 saturated carbocycles. The van der Waals surface area contributed by atoms with E-state index in [1.165, 1.54) is 27.2 Å². The molecule has 0 aliphatic rings. The van der Waals surface area contributed by atoms with Gasteiger partial charge in [-0.25, -0.2) is 8.42 Å². The first-order chi connectivity index (χ1) is 15.5. The van der Waals surface area contributed by atoms with Crippen LogP contribution in [0.15, 0.2) is 61.2 Å². The number of hydrogen-bond acceptors (Lipinski definition) is 4. The Balaban J connectivity index is 2.46. The molecule has 0 radical (unpaired) electrons. The van der Waals surface area contributed by atoms with Crippen molar-refractivity contribution in [3.8, 4) is 11.5 Å². The molecule has 2 aromatic rings. The molecule has 182 valence electrons. The molecule has 0 aromatic heterocycles. The van der Waals surface area contributed by atoms with Crippen molar-refractivity contribution in [1.82, 2.24) is 4.31 Å². The number of sulfonamides is 1. The first kappa shape index (κ1) is 26.7. The van der Waals surface area contributed by atoms with Gasteiger partial charge in [0, 0.05) is 13.1 Å². The number of benzene rings is 2. The Bertz CT molecular complexity index is 940. The number of hydrogen-bond donors (Lipinski definition) is 0. The third kappa shape index (κ3) is 7.78. The van der Waals surface area contributed by atoms with Gasteiger partial charge in [-0.3, -0.25) is 0 Å². The van der Waals surface area contributed by atoms with Gasteiger partial charge in [-0.05, 0) is 47.7 Å². The topological polar surface area (TPSA) is 55.8 Å². The lowest BCUT2D eigenvalue weighted by atomic mass is 10.0. The Morgan fingerprint density at radius 2 is 1.36 bits per heavy atom. The Morgan fingerprint density at radius 3 is 1.70 bits per heavy atom. The number of allylic oxidation sites excluding steroid dienone is 1. The van der Waals surface area contributed by atoms with E-state index in [2.05, 4.69) is 6.58 Å². The number of rotatable bonds is 12. The zero-order valence-corrected chi connectivity index (χ0v) is 19.8. The Kier molecular flexibility index (Phi) is 9.36. The van der Waals surface area contributed by atoms with Crippen molar-refractivity contribution in [2.45, 2.75) is 44.3 Å². The monoisotopic (exact) mass is 485 g/mol. The standard InChI is InChI=1S/C24H30F3NO4S/c1-5-6-18(2)23(15-24(25,26)27)33(29,30)28(16-19-7-11-21(31-3)12-8-19)17-20-9-13-22(32-4)14-10-20/h5,7-14,18,23H,1,6,15-17H2,2-4H3/t18-,23?/m0/s1. The van der Waals surface area contributed by atoms with Crippen molar-refractivity contribution >= 4 is 10.0 Å². The average Bonchev–Trinajstić information content (AvgIpc) is 2.77. The fourth-order valence-corrected chi connectivity index (χ4v) is 5.68. The minimum Gasteiger partial charge on any atom is -0.497 e. The number of ether oxygens (including phenoxy) is 2. The van der Waals surface area contributed by atoms with Crippen LogP contribution in [0.3, 0.4) is 0 Å². The van der Waals surface area contributed by atoms with Crippen LogP contribution >= 0.6 is 0 Å². The zero-order chi connectivity index (χ0) is 24.6. The van der Waals surface area contributed by atoms with Crippen molar-refractivity contribution in [3.05, 3.63) is 72.3 Å². The van der Waals surface area contributed by atoms with Crippen molar-refractivity contribution in [1.29, 1.82) is 0 Å². The van der Waals surface area contributed by atoms with Gasteiger partial charge in [-0.15, -0.1) is 6.58 Å². The highest BCUT2D eigenvalue weighted by molar-refractivity contribution is 7.89. The molecule has 0 heterocycles. The van der Waals surface area contributed by atoms with E-state index in [0.29, 0.717) is 22.6 Å². The van der Waals surface area contributed by atoms with Crippen LogP contribution in [0.25, 0.3) is 0 Å². The second kappa shape index (κ2) is 11.6. The summed E-state index contributed by atoms with van der Waals surface area (Å²) in [7, 11) is -1.32. The summed E-state index contributed by atoms with van der Waals surface area (Å²) in [5.74, 6) is 0.430. The maximum atomic E-state index is 13.6. The smallest absolute Gasteiger partial charge is 0.390 e. The molecular formula is C24H30F3NO4S. The van der Waals surface area contributed by atoms with E-state index >= 15 is 0 Å². The minimum atomic E-state index is -4.63. The number of halogens is 3. The molecule has 0 spiro atoms. The molecule has 0 aliphatic carbocycles. The second-order valence-corrected chi connectivity index (χ2v) is 10.0. The van der Waals surface area contributed by atoms with E-state index in [0.717, 1.165) is 4.31 Å². The summed E-state index contributed by atoms with van der Waals surface area (Å²) < 4.78 is 78.8. The third-order valence-corrected chi connectivity index (χ3v) is 7.76. The van der Waals surface area contributed by atoms with Gasteiger partial charge in [0.25, 0.3) is 0 Å². The normalized spacial score (nSPS) is 14.0. The van der Waals surface area contributed by atoms with Crippen LogP contribution in [0.4, 0.5) is 13.2 Å². The highest BCUT2D eigenvalue weighted by atomic mass is 32.2. The summed E-state index contributed by atoms with van der Waals surface area (Å²) in [6.07, 6.45) is -4.45. The van der Waals surface area contributed by atoms with E-state index in [-0.39, 0.29) is 19.5 Å². The summed E-state index contributed by atoms with van der Waals surface area (Å²) in [4.78, 5) is 0. The maximum absolute atomic E-state index is 13.6. The summed E-state index contributed by atoms with van der Waals surface area (Å²) in [5.41, 5.74) is 1.27. The van der Waals surface area contributed by atoms with Gasteiger partial charge in [0.1, 0.15) is 11.5 Å². The van der Waals surface area contributed by atoms with Crippen LogP contribution in [-0.2, 0) is 23.1 Å². The van der Waals surface area contributed by atoms with E-state index in [1.807, 2.05) is 0 Å². The van der Waals surface area contributed by atoms with Crippen molar-refractivity contribution < 1.29 is 31.1 Å². The molecule has 2 rings (SSSR count). The summed E-state index contributed by atoms with van der Waals surface area (Å²) >= 11 is 0. The van der Waals surface area contributed by atoms with Crippen LogP contribution in [0.1, 0.15) is 30.9 Å². The Morgan fingerprint density at radius 1 is 0.939 bits per heavy atom. The predicted molar refractivity (Wildman–Crippen MR) is 123 cm³/mol. The van der Waals surface area contributed by atoms with Gasteiger partial charge < -0.3 is 9.47 Å². The molecule has 9 heteroatoms. The molecule has 0 amide bonds. The van der Waals surface area contributed by atoms with Crippen LogP contribution in [-0.4, -0.2) is 38.4 Å². The van der Waals surface area contributed by atoms with Gasteiger partial charge in [-0.2, -0.15) is 17.5 Å². The number of alkyl halides is 3. The van der Waals surface area contributed by atoms with Crippen molar-refractivity contribution in [2.75, 3.05) is 14.2 Å². The van der Waals surface area contributed by atoms with Crippen LogP contribution in [0.2, 0.25) is 0 Å². The van der Waals surface area contributed by atoms with Gasteiger partial charge in [0.15, 0.2) is 0 Å². The Hall–Kier alpha value is -2.52. The van der Waals surface area contributed by atoms with Crippen LogP contribution in [0, 0.1) is 5.92 Å². The van der Waals surface area contributed by atoms with Crippen molar-refractivity contribution in [3.63, 3.8) is 0 Å². The van der Waals surface area contributed by atoms with Crippen molar-refractivity contribution in [2.24, 2.45) is 5.92 Å². The van der Waals surface area contributed by atoms with E-state index in [1.54, 1.807) is 48.5 Å². The second-order valence-electron chi connectivity index (χ2n) is 7.87. The maximum Gasteiger partial charge on any atom is 0.390 e. The van der Waals surface area contributed by atoms with Crippen LogP contribution in [0.5, 0.6) is 11.5 Å². The molecule has 1 unspecified atom stereocenters. The van der Waals surface area contributed by atoms with E-state index < -0.39 is 33.8 Å². The first-order valence-electron chi connectivity index (χ1n) is 10.4. The molecule has 33 heavy (non-hydrogen) atoms. The molecule has 0 aliphatic heterocycles. The lowest BCUT2D eigenvalue weighted by Gasteiger charge is -2.31. The highest BCUT2D eigenvalue weighted by Crippen LogP contribution is 2.33.